The molecule has 3 N–H and O–H groups in total. The predicted octanol–water partition coefficient (Wildman–Crippen LogP) is 4.81. The van der Waals surface area contributed by atoms with Crippen LogP contribution in [0.15, 0.2) is 78.4 Å². The molecule has 0 amide bonds. The van der Waals surface area contributed by atoms with E-state index >= 15 is 0 Å². The maximum absolute atomic E-state index is 13.5. The van der Waals surface area contributed by atoms with Crippen LogP contribution >= 0.6 is 0 Å². The van der Waals surface area contributed by atoms with Crippen LogP contribution in [-0.4, -0.2) is 101 Å². The van der Waals surface area contributed by atoms with Crippen LogP contribution < -0.4 is 0 Å². The lowest BCUT2D eigenvalue weighted by Crippen LogP contribution is -2.62. The van der Waals surface area contributed by atoms with E-state index in [1.54, 1.807) is 50.3 Å². The highest BCUT2D eigenvalue weighted by Gasteiger charge is 2.58. The third-order valence-electron chi connectivity index (χ3n) is 10.5. The molecule has 3 saturated heterocycles. The first-order chi connectivity index (χ1) is 25.0. The van der Waals surface area contributed by atoms with Gasteiger partial charge in [-0.25, -0.2) is 9.59 Å². The molecular weight excluding hydrogens is 684 g/mol. The molecule has 0 spiro atoms. The number of esters is 3. The Hall–Kier alpha value is -3.65. The fraction of sp³-hybridized carbons (Fsp3) is 0.585. The van der Waals surface area contributed by atoms with Gasteiger partial charge in [-0.15, -0.1) is 0 Å². The highest BCUT2D eigenvalue weighted by atomic mass is 16.7. The Bertz CT molecular complexity index is 1560. The van der Waals surface area contributed by atoms with Gasteiger partial charge in [-0.05, 0) is 56.7 Å². The summed E-state index contributed by atoms with van der Waals surface area (Å²) in [6.45, 7) is 13.3. The molecule has 12 heteroatoms. The second-order valence-corrected chi connectivity index (χ2v) is 15.4. The molecule has 5 rings (SSSR count). The van der Waals surface area contributed by atoms with Gasteiger partial charge < -0.3 is 43.7 Å². The monoisotopic (exact) mass is 738 g/mol. The highest BCUT2D eigenvalue weighted by Crippen LogP contribution is 2.47. The molecule has 12 nitrogen and oxygen atoms in total. The summed E-state index contributed by atoms with van der Waals surface area (Å²) in [6, 6.07) is 8.23. The molecule has 290 valence electrons. The van der Waals surface area contributed by atoms with Gasteiger partial charge in [0.05, 0.1) is 61.8 Å². The lowest BCUT2D eigenvalue weighted by Gasteiger charge is -2.51. The number of aliphatic hydroxyl groups is 3. The van der Waals surface area contributed by atoms with E-state index in [0.29, 0.717) is 32.1 Å². The minimum absolute atomic E-state index is 0.0509. The van der Waals surface area contributed by atoms with E-state index < -0.39 is 65.7 Å². The molecular formula is C41H54O12. The molecule has 1 aromatic rings. The first kappa shape index (κ1) is 40.5. The smallest absolute Gasteiger partial charge is 0.338 e. The van der Waals surface area contributed by atoms with E-state index in [0.717, 1.165) is 17.2 Å². The van der Waals surface area contributed by atoms with Gasteiger partial charge in [0, 0.05) is 30.8 Å². The summed E-state index contributed by atoms with van der Waals surface area (Å²) in [4.78, 5) is 39.5. The van der Waals surface area contributed by atoms with Crippen LogP contribution in [0.4, 0.5) is 0 Å². The third kappa shape index (κ3) is 10.3. The first-order valence-corrected chi connectivity index (χ1v) is 18.4. The van der Waals surface area contributed by atoms with Crippen LogP contribution in [-0.2, 0) is 38.0 Å². The molecule has 0 saturated carbocycles. The van der Waals surface area contributed by atoms with Gasteiger partial charge in [0.25, 0.3) is 0 Å². The van der Waals surface area contributed by atoms with E-state index in [4.69, 9.17) is 28.4 Å². The molecule has 0 unspecified atom stereocenters. The van der Waals surface area contributed by atoms with Crippen molar-refractivity contribution in [3.63, 3.8) is 0 Å². The number of carbonyl (C=O) groups is 3. The molecule has 1 aromatic carbocycles. The third-order valence-corrected chi connectivity index (χ3v) is 10.5. The van der Waals surface area contributed by atoms with Crippen LogP contribution in [0.1, 0.15) is 88.9 Å². The molecule has 4 aliphatic rings. The van der Waals surface area contributed by atoms with Crippen molar-refractivity contribution in [1.29, 1.82) is 0 Å². The van der Waals surface area contributed by atoms with Crippen molar-refractivity contribution in [1.82, 2.24) is 0 Å². The Morgan fingerprint density at radius 3 is 2.23 bits per heavy atom. The number of methoxy groups -OCH3 is 1. The van der Waals surface area contributed by atoms with Crippen LogP contribution in [0.5, 0.6) is 0 Å². The van der Waals surface area contributed by atoms with Crippen molar-refractivity contribution in [3.8, 4) is 0 Å². The van der Waals surface area contributed by atoms with Gasteiger partial charge in [0.1, 0.15) is 6.10 Å². The van der Waals surface area contributed by atoms with Gasteiger partial charge in [-0.2, -0.15) is 0 Å². The summed E-state index contributed by atoms with van der Waals surface area (Å²) in [5.41, 5.74) is 1.08. The largest absolute Gasteiger partial charge is 0.466 e. The van der Waals surface area contributed by atoms with E-state index in [1.165, 1.54) is 14.0 Å². The summed E-state index contributed by atoms with van der Waals surface area (Å²) < 4.78 is 36.1. The van der Waals surface area contributed by atoms with Crippen molar-refractivity contribution in [2.24, 2.45) is 5.41 Å². The number of benzene rings is 1. The molecule has 53 heavy (non-hydrogen) atoms. The summed E-state index contributed by atoms with van der Waals surface area (Å²) in [6.07, 6.45) is 0.355. The zero-order valence-corrected chi connectivity index (χ0v) is 31.1. The number of rotatable bonds is 4. The van der Waals surface area contributed by atoms with Crippen LogP contribution in [0, 0.1) is 5.41 Å². The molecule has 0 aromatic heterocycles. The molecule has 10 atom stereocenters. The molecule has 4 aliphatic heterocycles. The van der Waals surface area contributed by atoms with Crippen LogP contribution in [0.25, 0.3) is 0 Å². The van der Waals surface area contributed by atoms with E-state index in [1.807, 2.05) is 6.08 Å². The molecule has 3 fully saturated rings. The lowest BCUT2D eigenvalue weighted by atomic mass is 9.74. The quantitative estimate of drug-likeness (QED) is 0.167. The first-order valence-electron chi connectivity index (χ1n) is 18.4. The highest BCUT2D eigenvalue weighted by molar-refractivity contribution is 5.90. The van der Waals surface area contributed by atoms with Gasteiger partial charge in [0.2, 0.25) is 5.79 Å². The summed E-state index contributed by atoms with van der Waals surface area (Å²) >= 11 is 0. The van der Waals surface area contributed by atoms with Crippen molar-refractivity contribution in [2.75, 3.05) is 7.11 Å². The van der Waals surface area contributed by atoms with E-state index in [9.17, 15) is 29.7 Å². The van der Waals surface area contributed by atoms with Gasteiger partial charge in [-0.3, -0.25) is 4.79 Å². The Kier molecular flexibility index (Phi) is 13.2. The molecule has 4 heterocycles. The van der Waals surface area contributed by atoms with Crippen LogP contribution in [0.2, 0.25) is 0 Å². The summed E-state index contributed by atoms with van der Waals surface area (Å²) in [5.74, 6) is -4.55. The Morgan fingerprint density at radius 2 is 1.57 bits per heavy atom. The Balaban J connectivity index is 1.56. The van der Waals surface area contributed by atoms with E-state index in [-0.39, 0.29) is 55.1 Å². The predicted molar refractivity (Wildman–Crippen MR) is 193 cm³/mol. The topological polar surface area (TPSA) is 167 Å². The van der Waals surface area contributed by atoms with Crippen molar-refractivity contribution in [2.45, 2.75) is 139 Å². The fourth-order valence-electron chi connectivity index (χ4n) is 7.67. The standard InChI is InChI=1S/C41H54O12/c1-24-14-30-12-13-40(4,5)41(47)38(52-39(46)27-10-8-7-9-11-27)28(19-36(44)48-6)18-34(53-41)23-35(26(3)42)51-37(45)21-29(43)20-31-15-25(2)17-33(50-31)22-32(16-24)49-30/h7-13,19,26,29-35,38,42-43,47H,1-2,14-18,20-23H2,3-6H3/b13-12-,28-19+/t26-,29-,30+,31+,32+,33-,34+,35-,38+,41-/m1/s1. The number of fused-ring (bicyclic) bond motifs is 6. The molecule has 0 radical (unpaired) electrons. The average Bonchev–Trinajstić information content (AvgIpc) is 3.07. The lowest BCUT2D eigenvalue weighted by molar-refractivity contribution is -0.324. The van der Waals surface area contributed by atoms with Gasteiger partial charge in [-0.1, -0.05) is 68.5 Å². The van der Waals surface area contributed by atoms with Gasteiger partial charge >= 0.3 is 17.9 Å². The number of ether oxygens (including phenoxy) is 6. The number of carbonyl (C=O) groups excluding carboxylic acids is 3. The Morgan fingerprint density at radius 1 is 0.925 bits per heavy atom. The number of aliphatic hydroxyl groups excluding tert-OH is 2. The van der Waals surface area contributed by atoms with Crippen molar-refractivity contribution < 1.29 is 58.1 Å². The van der Waals surface area contributed by atoms with Crippen molar-refractivity contribution >= 4 is 17.9 Å². The zero-order chi connectivity index (χ0) is 38.5. The summed E-state index contributed by atoms with van der Waals surface area (Å²) in [7, 11) is 1.21. The SMILES string of the molecule is C=C1C[C@@H]2C[C@@H]3CC(=C)C[C@H](/C=C\C(C)(C)[C@]4(O)O[C@@H](C/C(=C\C(=O)OC)[C@@H]4OC(=O)c4ccccc4)C[C@H]([C@@H](C)O)OC(=O)C[C@H](O)C[C@H](C1)O2)O3. The average molecular weight is 739 g/mol. The Labute approximate surface area is 311 Å². The minimum Gasteiger partial charge on any atom is -0.466 e. The van der Waals surface area contributed by atoms with E-state index in [2.05, 4.69) is 13.2 Å². The zero-order valence-electron chi connectivity index (χ0n) is 31.1. The second kappa shape index (κ2) is 17.2. The molecule has 0 aliphatic carbocycles. The van der Waals surface area contributed by atoms with Crippen molar-refractivity contribution in [3.05, 3.63) is 84.0 Å². The minimum atomic E-state index is -2.31. The number of hydrogen-bond donors (Lipinski definition) is 3. The number of cyclic esters (lactones) is 1. The molecule has 6 bridgehead atoms. The number of hydrogen-bond acceptors (Lipinski definition) is 12. The normalized spacial score (nSPS) is 36.1. The maximum Gasteiger partial charge on any atom is 0.338 e. The van der Waals surface area contributed by atoms with Gasteiger partial charge in [0.15, 0.2) is 6.10 Å². The van der Waals surface area contributed by atoms with Crippen LogP contribution in [0.3, 0.4) is 0 Å². The second-order valence-electron chi connectivity index (χ2n) is 15.4. The summed E-state index contributed by atoms with van der Waals surface area (Å²) in [5, 5.41) is 34.5. The fourth-order valence-corrected chi connectivity index (χ4v) is 7.67. The maximum atomic E-state index is 13.5.